The van der Waals surface area contributed by atoms with Gasteiger partial charge in [-0.1, -0.05) is 5.16 Å². The van der Waals surface area contributed by atoms with Gasteiger partial charge in [0.2, 0.25) is 5.82 Å². The summed E-state index contributed by atoms with van der Waals surface area (Å²) in [5, 5.41) is 10.8. The molecule has 0 N–H and O–H groups in total. The van der Waals surface area contributed by atoms with Crippen molar-refractivity contribution in [3.63, 3.8) is 0 Å². The third-order valence-corrected chi connectivity index (χ3v) is 4.69. The van der Waals surface area contributed by atoms with E-state index < -0.39 is 12.1 Å². The molecule has 11 heteroatoms. The topological polar surface area (TPSA) is 97.9 Å². The van der Waals surface area contributed by atoms with Gasteiger partial charge in [0.05, 0.1) is 18.0 Å². The number of aromatic nitrogens is 5. The van der Waals surface area contributed by atoms with Crippen LogP contribution in [0.3, 0.4) is 0 Å². The second kappa shape index (κ2) is 7.57. The van der Waals surface area contributed by atoms with Gasteiger partial charge in [-0.25, -0.2) is 0 Å². The predicted octanol–water partition coefficient (Wildman–Crippen LogP) is 2.96. The summed E-state index contributed by atoms with van der Waals surface area (Å²) in [5.74, 6) is -1.77. The highest BCUT2D eigenvalue weighted by Crippen LogP contribution is 2.31. The van der Waals surface area contributed by atoms with Gasteiger partial charge in [-0.2, -0.15) is 28.4 Å². The maximum absolute atomic E-state index is 12.7. The fourth-order valence-electron chi connectivity index (χ4n) is 3.30. The van der Waals surface area contributed by atoms with Crippen molar-refractivity contribution in [2.45, 2.75) is 24.9 Å². The Bertz CT molecular complexity index is 1010. The molecule has 3 aromatic rings. The summed E-state index contributed by atoms with van der Waals surface area (Å²) in [6.45, 7) is 1.10. The molecular formula is C18H15F3N6O2. The molecule has 29 heavy (non-hydrogen) atoms. The maximum atomic E-state index is 12.7. The molecule has 0 aromatic carbocycles. The molecule has 4 heterocycles. The van der Waals surface area contributed by atoms with E-state index in [1.165, 1.54) is 18.6 Å². The van der Waals surface area contributed by atoms with Crippen molar-refractivity contribution >= 4 is 5.91 Å². The molecule has 0 radical (unpaired) electrons. The molecule has 1 fully saturated rings. The highest BCUT2D eigenvalue weighted by atomic mass is 19.4. The number of halogens is 3. The van der Waals surface area contributed by atoms with E-state index in [-0.39, 0.29) is 23.3 Å². The highest BCUT2D eigenvalue weighted by molar-refractivity contribution is 5.93. The van der Waals surface area contributed by atoms with Gasteiger partial charge >= 0.3 is 12.1 Å². The normalized spacial score (nSPS) is 17.3. The summed E-state index contributed by atoms with van der Waals surface area (Å²) in [5.41, 5.74) is 1.49. The third kappa shape index (κ3) is 4.08. The number of likely N-dealkylation sites (tertiary alicyclic amines) is 1. The summed E-state index contributed by atoms with van der Waals surface area (Å²) in [4.78, 5) is 21.8. The SMILES string of the molecule is O=C(c1ccnnc1)N1CCC[C@H](c2ccnc(-c3noc(C(F)(F)F)n3)c2)C1. The van der Waals surface area contributed by atoms with Gasteiger partial charge in [-0.15, -0.1) is 0 Å². The summed E-state index contributed by atoms with van der Waals surface area (Å²) in [6, 6.07) is 5.02. The van der Waals surface area contributed by atoms with Gasteiger partial charge in [0.25, 0.3) is 5.91 Å². The van der Waals surface area contributed by atoms with E-state index >= 15 is 0 Å². The van der Waals surface area contributed by atoms with Gasteiger partial charge in [0.1, 0.15) is 5.69 Å². The number of pyridine rings is 1. The zero-order valence-electron chi connectivity index (χ0n) is 15.0. The lowest BCUT2D eigenvalue weighted by molar-refractivity contribution is -0.159. The summed E-state index contributed by atoms with van der Waals surface area (Å²) in [6.07, 6.45) is 1.29. The number of rotatable bonds is 3. The number of hydrogen-bond donors (Lipinski definition) is 0. The van der Waals surface area contributed by atoms with E-state index in [1.807, 2.05) is 0 Å². The number of nitrogens with zero attached hydrogens (tertiary/aromatic N) is 6. The number of amides is 1. The smallest absolute Gasteiger partial charge is 0.338 e. The number of alkyl halides is 3. The van der Waals surface area contributed by atoms with Crippen molar-refractivity contribution in [2.24, 2.45) is 0 Å². The van der Waals surface area contributed by atoms with Crippen molar-refractivity contribution < 1.29 is 22.5 Å². The molecule has 3 aromatic heterocycles. The molecule has 0 bridgehead atoms. The molecule has 1 aliphatic rings. The van der Waals surface area contributed by atoms with Gasteiger partial charge < -0.3 is 9.42 Å². The van der Waals surface area contributed by atoms with Crippen molar-refractivity contribution in [2.75, 3.05) is 13.1 Å². The van der Waals surface area contributed by atoms with E-state index in [0.717, 1.165) is 18.4 Å². The zero-order valence-corrected chi connectivity index (χ0v) is 15.0. The van der Waals surface area contributed by atoms with Crippen molar-refractivity contribution in [3.05, 3.63) is 53.8 Å². The van der Waals surface area contributed by atoms with Gasteiger partial charge in [0.15, 0.2) is 0 Å². The van der Waals surface area contributed by atoms with Gasteiger partial charge in [0, 0.05) is 25.2 Å². The van der Waals surface area contributed by atoms with Crippen LogP contribution in [0.5, 0.6) is 0 Å². The van der Waals surface area contributed by atoms with Crippen molar-refractivity contribution in [1.82, 2.24) is 30.2 Å². The molecule has 1 saturated heterocycles. The Hall–Kier alpha value is -3.37. The minimum Gasteiger partial charge on any atom is -0.338 e. The first kappa shape index (κ1) is 19.0. The molecule has 1 atom stereocenters. The Morgan fingerprint density at radius 3 is 2.79 bits per heavy atom. The molecule has 8 nitrogen and oxygen atoms in total. The molecule has 0 aliphatic carbocycles. The molecular weight excluding hydrogens is 389 g/mol. The first-order valence-corrected chi connectivity index (χ1v) is 8.85. The standard InChI is InChI=1S/C18H15F3N6O2/c19-18(20,21)17-25-15(26-29-17)14-8-11(3-5-22-14)13-2-1-7-27(10-13)16(28)12-4-6-23-24-9-12/h3-6,8-9,13H,1-2,7,10H2/t13-/m0/s1. The zero-order chi connectivity index (χ0) is 20.4. The van der Waals surface area contributed by atoms with Gasteiger partial charge in [-0.05, 0) is 36.6 Å². The van der Waals surface area contributed by atoms with Crippen molar-refractivity contribution in [1.29, 1.82) is 0 Å². The van der Waals surface area contributed by atoms with Crippen LogP contribution >= 0.6 is 0 Å². The molecule has 1 aliphatic heterocycles. The quantitative estimate of drug-likeness (QED) is 0.662. The largest absolute Gasteiger partial charge is 0.471 e. The molecule has 4 rings (SSSR count). The fourth-order valence-corrected chi connectivity index (χ4v) is 3.30. The van der Waals surface area contributed by atoms with E-state index in [4.69, 9.17) is 0 Å². The third-order valence-electron chi connectivity index (χ3n) is 4.69. The lowest BCUT2D eigenvalue weighted by Gasteiger charge is -2.33. The summed E-state index contributed by atoms with van der Waals surface area (Å²) in [7, 11) is 0. The van der Waals surface area contributed by atoms with Crippen LogP contribution in [0.1, 0.15) is 40.6 Å². The van der Waals surface area contributed by atoms with E-state index in [0.29, 0.717) is 18.7 Å². The molecule has 0 unspecified atom stereocenters. The number of piperidine rings is 1. The van der Waals surface area contributed by atoms with Crippen LogP contribution in [-0.2, 0) is 6.18 Å². The summed E-state index contributed by atoms with van der Waals surface area (Å²) < 4.78 is 42.3. The number of carbonyl (C=O) groups excluding carboxylic acids is 1. The first-order chi connectivity index (χ1) is 13.9. The summed E-state index contributed by atoms with van der Waals surface area (Å²) >= 11 is 0. The maximum Gasteiger partial charge on any atom is 0.471 e. The molecule has 1 amide bonds. The number of hydrogen-bond acceptors (Lipinski definition) is 7. The van der Waals surface area contributed by atoms with E-state index in [1.54, 1.807) is 23.1 Å². The molecule has 0 spiro atoms. The van der Waals surface area contributed by atoms with E-state index in [9.17, 15) is 18.0 Å². The monoisotopic (exact) mass is 404 g/mol. The highest BCUT2D eigenvalue weighted by Gasteiger charge is 2.38. The van der Waals surface area contributed by atoms with Crippen LogP contribution in [0.2, 0.25) is 0 Å². The van der Waals surface area contributed by atoms with Crippen LogP contribution in [-0.4, -0.2) is 49.2 Å². The Balaban J connectivity index is 1.53. The van der Waals surface area contributed by atoms with Gasteiger partial charge in [-0.3, -0.25) is 9.78 Å². The lowest BCUT2D eigenvalue weighted by Crippen LogP contribution is -2.39. The fraction of sp³-hybridized carbons (Fsp3) is 0.333. The second-order valence-corrected chi connectivity index (χ2v) is 6.62. The first-order valence-electron chi connectivity index (χ1n) is 8.85. The molecule has 0 saturated carbocycles. The predicted molar refractivity (Wildman–Crippen MR) is 92.4 cm³/mol. The lowest BCUT2D eigenvalue weighted by atomic mass is 9.90. The number of carbonyl (C=O) groups is 1. The second-order valence-electron chi connectivity index (χ2n) is 6.62. The van der Waals surface area contributed by atoms with Crippen molar-refractivity contribution in [3.8, 4) is 11.5 Å². The van der Waals surface area contributed by atoms with Crippen LogP contribution < -0.4 is 0 Å². The Kier molecular flexibility index (Phi) is 4.95. The Labute approximate surface area is 162 Å². The Morgan fingerprint density at radius 1 is 1.21 bits per heavy atom. The minimum atomic E-state index is -4.71. The minimum absolute atomic E-state index is 0.0123. The van der Waals surface area contributed by atoms with Crippen LogP contribution in [0.15, 0.2) is 41.3 Å². The molecule has 150 valence electrons. The average Bonchev–Trinajstić information content (AvgIpc) is 3.25. The van der Waals surface area contributed by atoms with E-state index in [2.05, 4.69) is 29.8 Å². The Morgan fingerprint density at radius 2 is 2.07 bits per heavy atom. The van der Waals surface area contributed by atoms with Crippen LogP contribution in [0.4, 0.5) is 13.2 Å². The van der Waals surface area contributed by atoms with Crippen LogP contribution in [0, 0.1) is 0 Å². The average molecular weight is 404 g/mol. The van der Waals surface area contributed by atoms with Crippen LogP contribution in [0.25, 0.3) is 11.5 Å².